The fraction of sp³-hybridized carbons (Fsp3) is 0.800. The van der Waals surface area contributed by atoms with Crippen LogP contribution in [0.5, 0.6) is 0 Å². The van der Waals surface area contributed by atoms with Crippen LogP contribution in [0.25, 0.3) is 0 Å². The minimum absolute atomic E-state index is 1.25. The minimum Gasteiger partial charge on any atom is -0.244 e. The Morgan fingerprint density at radius 1 is 1.17 bits per heavy atom. The van der Waals surface area contributed by atoms with Crippen molar-refractivity contribution in [2.24, 2.45) is 0 Å². The molecule has 0 saturated heterocycles. The molecule has 1 atom stereocenters. The first-order valence-electron chi connectivity index (χ1n) is 2.69. The second kappa shape index (κ2) is 3.49. The highest BCUT2D eigenvalue weighted by Crippen LogP contribution is 2.39. The van der Waals surface area contributed by atoms with E-state index in [1.807, 2.05) is 0 Å². The Hall–Kier alpha value is -0.490. The van der Waals surface area contributed by atoms with Crippen LogP contribution in [-0.4, -0.2) is 24.7 Å². The highest BCUT2D eigenvalue weighted by molar-refractivity contribution is 4.93. The summed E-state index contributed by atoms with van der Waals surface area (Å²) in [6, 6.07) is 0. The molecular formula is C5H4F7. The van der Waals surface area contributed by atoms with E-state index >= 15 is 0 Å². The summed E-state index contributed by atoms with van der Waals surface area (Å²) < 4.78 is 81.7. The zero-order valence-electron chi connectivity index (χ0n) is 5.51. The van der Waals surface area contributed by atoms with Gasteiger partial charge < -0.3 is 0 Å². The van der Waals surface area contributed by atoms with Crippen molar-refractivity contribution in [3.63, 3.8) is 0 Å². The van der Waals surface area contributed by atoms with Gasteiger partial charge in [0.25, 0.3) is 0 Å². The Morgan fingerprint density at radius 3 is 1.83 bits per heavy atom. The molecule has 0 rings (SSSR count). The van der Waals surface area contributed by atoms with Crippen LogP contribution in [0.4, 0.5) is 30.7 Å². The summed E-state index contributed by atoms with van der Waals surface area (Å²) in [5.41, 5.74) is 0. The first kappa shape index (κ1) is 11.5. The molecule has 7 heteroatoms. The van der Waals surface area contributed by atoms with E-state index < -0.39 is 31.4 Å². The molecule has 0 aliphatic heterocycles. The lowest BCUT2D eigenvalue weighted by Gasteiger charge is -2.25. The standard InChI is InChI=1S/C5H4F7/c6-1-3(8)5(11,12)4(9,10)2-7/h1,3H,2H2. The molecule has 0 aromatic heterocycles. The van der Waals surface area contributed by atoms with Gasteiger partial charge in [-0.2, -0.15) is 17.6 Å². The van der Waals surface area contributed by atoms with Crippen molar-refractivity contribution in [3.8, 4) is 0 Å². The SMILES string of the molecule is F[CH]C(F)C(F)(F)C(F)(F)CF. The van der Waals surface area contributed by atoms with Gasteiger partial charge in [-0.3, -0.25) is 0 Å². The Labute approximate surface area is 63.4 Å². The quantitative estimate of drug-likeness (QED) is 0.608. The zero-order valence-corrected chi connectivity index (χ0v) is 5.51. The average Bonchev–Trinajstić information content (AvgIpc) is 2.02. The van der Waals surface area contributed by atoms with Crippen molar-refractivity contribution in [3.05, 3.63) is 6.67 Å². The van der Waals surface area contributed by atoms with Crippen molar-refractivity contribution in [1.82, 2.24) is 0 Å². The third-order valence-electron chi connectivity index (χ3n) is 1.11. The maximum absolute atomic E-state index is 12.0. The molecule has 1 unspecified atom stereocenters. The van der Waals surface area contributed by atoms with Crippen molar-refractivity contribution >= 4 is 0 Å². The van der Waals surface area contributed by atoms with Crippen molar-refractivity contribution in [1.29, 1.82) is 0 Å². The molecule has 73 valence electrons. The highest BCUT2D eigenvalue weighted by atomic mass is 19.3. The highest BCUT2D eigenvalue weighted by Gasteiger charge is 2.62. The summed E-state index contributed by atoms with van der Waals surface area (Å²) in [5.74, 6) is -10.5. The van der Waals surface area contributed by atoms with Gasteiger partial charge in [0.15, 0.2) is 13.3 Å². The predicted octanol–water partition coefficient (Wildman–Crippen LogP) is 2.70. The van der Waals surface area contributed by atoms with Crippen LogP contribution in [0.2, 0.25) is 0 Å². The Bertz CT molecular complexity index is 143. The van der Waals surface area contributed by atoms with Gasteiger partial charge in [0, 0.05) is 0 Å². The van der Waals surface area contributed by atoms with E-state index in [2.05, 4.69) is 0 Å². The summed E-state index contributed by atoms with van der Waals surface area (Å²) in [7, 11) is 0. The maximum Gasteiger partial charge on any atom is 0.346 e. The molecule has 0 aliphatic rings. The second-order valence-electron chi connectivity index (χ2n) is 1.99. The third-order valence-corrected chi connectivity index (χ3v) is 1.11. The van der Waals surface area contributed by atoms with Gasteiger partial charge in [-0.1, -0.05) is 0 Å². The molecule has 0 saturated carbocycles. The van der Waals surface area contributed by atoms with E-state index in [4.69, 9.17) is 0 Å². The Kier molecular flexibility index (Phi) is 3.34. The minimum atomic E-state index is -5.35. The van der Waals surface area contributed by atoms with Gasteiger partial charge in [-0.15, -0.1) is 0 Å². The molecule has 1 radical (unpaired) electrons. The molecule has 0 N–H and O–H groups in total. The van der Waals surface area contributed by atoms with E-state index in [-0.39, 0.29) is 0 Å². The molecule has 0 fully saturated rings. The molecule has 0 aliphatic carbocycles. The lowest BCUT2D eigenvalue weighted by molar-refractivity contribution is -0.240. The number of alkyl halides is 6. The third kappa shape index (κ3) is 1.81. The maximum atomic E-state index is 12.0. The summed E-state index contributed by atoms with van der Waals surface area (Å²) in [4.78, 5) is 0. The molecule has 0 spiro atoms. The fourth-order valence-corrected chi connectivity index (χ4v) is 0.370. The van der Waals surface area contributed by atoms with E-state index in [1.54, 1.807) is 0 Å². The zero-order chi connectivity index (χ0) is 9.99. The van der Waals surface area contributed by atoms with Crippen LogP contribution in [0.3, 0.4) is 0 Å². The summed E-state index contributed by atoms with van der Waals surface area (Å²) in [6.45, 7) is -3.99. The van der Waals surface area contributed by atoms with Crippen LogP contribution in [0.1, 0.15) is 0 Å². The van der Waals surface area contributed by atoms with Gasteiger partial charge >= 0.3 is 11.8 Å². The van der Waals surface area contributed by atoms with Gasteiger partial charge in [-0.25, -0.2) is 13.2 Å². The monoisotopic (exact) mass is 197 g/mol. The fourth-order valence-electron chi connectivity index (χ4n) is 0.370. The van der Waals surface area contributed by atoms with Gasteiger partial charge in [0.1, 0.15) is 0 Å². The van der Waals surface area contributed by atoms with Crippen LogP contribution >= 0.6 is 0 Å². The van der Waals surface area contributed by atoms with Crippen LogP contribution in [0.15, 0.2) is 0 Å². The molecule has 0 aromatic rings. The smallest absolute Gasteiger partial charge is 0.244 e. The number of hydrogen-bond donors (Lipinski definition) is 0. The van der Waals surface area contributed by atoms with Crippen molar-refractivity contribution in [2.45, 2.75) is 18.0 Å². The lowest BCUT2D eigenvalue weighted by Crippen LogP contribution is -2.49. The molecule has 0 nitrogen and oxygen atoms in total. The summed E-state index contributed by atoms with van der Waals surface area (Å²) in [6.07, 6.45) is -3.80. The van der Waals surface area contributed by atoms with Crippen molar-refractivity contribution in [2.75, 3.05) is 6.67 Å². The molecule has 0 amide bonds. The molecule has 12 heavy (non-hydrogen) atoms. The van der Waals surface area contributed by atoms with Gasteiger partial charge in [-0.05, 0) is 0 Å². The largest absolute Gasteiger partial charge is 0.346 e. The van der Waals surface area contributed by atoms with Crippen molar-refractivity contribution < 1.29 is 30.7 Å². The Balaban J connectivity index is 4.58. The topological polar surface area (TPSA) is 0 Å². The lowest BCUT2D eigenvalue weighted by atomic mass is 10.1. The molecule has 0 heterocycles. The van der Waals surface area contributed by atoms with E-state index in [0.717, 1.165) is 0 Å². The van der Waals surface area contributed by atoms with E-state index in [9.17, 15) is 30.7 Å². The van der Waals surface area contributed by atoms with E-state index in [1.165, 1.54) is 0 Å². The molecule has 0 aromatic carbocycles. The second-order valence-corrected chi connectivity index (χ2v) is 1.99. The number of hydrogen-bond acceptors (Lipinski definition) is 0. The summed E-state index contributed by atoms with van der Waals surface area (Å²) >= 11 is 0. The predicted molar refractivity (Wildman–Crippen MR) is 26.2 cm³/mol. The number of rotatable bonds is 4. The van der Waals surface area contributed by atoms with Gasteiger partial charge in [0.05, 0.1) is 0 Å². The summed E-state index contributed by atoms with van der Waals surface area (Å²) in [5, 5.41) is 0. The first-order chi connectivity index (χ1) is 5.29. The molecule has 0 bridgehead atoms. The van der Waals surface area contributed by atoms with E-state index in [0.29, 0.717) is 0 Å². The Morgan fingerprint density at radius 2 is 1.58 bits per heavy atom. The van der Waals surface area contributed by atoms with Gasteiger partial charge in [0.2, 0.25) is 6.17 Å². The van der Waals surface area contributed by atoms with Crippen LogP contribution < -0.4 is 0 Å². The van der Waals surface area contributed by atoms with Crippen LogP contribution in [-0.2, 0) is 0 Å². The number of halogens is 7. The first-order valence-corrected chi connectivity index (χ1v) is 2.69. The normalized spacial score (nSPS) is 16.2. The molecular weight excluding hydrogens is 193 g/mol. The average molecular weight is 197 g/mol. The van der Waals surface area contributed by atoms with Crippen LogP contribution in [0, 0.1) is 6.67 Å².